The Morgan fingerprint density at radius 2 is 1.93 bits per heavy atom. The Kier molecular flexibility index (Phi) is 3.53. The molecule has 2 aromatic rings. The maximum atomic E-state index is 5.71. The lowest BCUT2D eigenvalue weighted by molar-refractivity contribution is 1.13. The largest absolute Gasteiger partial charge is 0.356 e. The number of nitrogens with zero attached hydrogens (tertiary/aromatic N) is 2. The average molecular weight is 240 g/mol. The predicted octanol–water partition coefficient (Wildman–Crippen LogP) is 2.89. The Balaban J connectivity index is 1.93. The summed E-state index contributed by atoms with van der Waals surface area (Å²) in [5, 5.41) is 4.03. The highest BCUT2D eigenvalue weighted by Crippen LogP contribution is 2.11. The molecule has 1 aromatic heterocycles. The van der Waals surface area contributed by atoms with E-state index in [0.717, 1.165) is 17.2 Å². The first-order valence-corrected chi connectivity index (χ1v) is 5.83. The van der Waals surface area contributed by atoms with E-state index in [9.17, 15) is 0 Å². The van der Waals surface area contributed by atoms with E-state index in [1.807, 2.05) is 12.1 Å². The van der Waals surface area contributed by atoms with Crippen molar-refractivity contribution in [3.8, 4) is 0 Å². The van der Waals surface area contributed by atoms with Gasteiger partial charge in [0.05, 0.1) is 0 Å². The molecule has 0 atom stereocenters. The molecule has 0 aliphatic carbocycles. The van der Waals surface area contributed by atoms with Gasteiger partial charge in [-0.3, -0.25) is 0 Å². The average Bonchev–Trinajstić information content (AvgIpc) is 2.80. The molecular weight excluding hydrogens is 230 g/mol. The quantitative estimate of drug-likeness (QED) is 0.834. The van der Waals surface area contributed by atoms with Crippen molar-refractivity contribution in [2.24, 2.45) is 0 Å². The molecule has 0 aliphatic rings. The molecule has 0 amide bonds. The summed E-state index contributed by atoms with van der Waals surface area (Å²) < 4.78 is 3.91. The van der Waals surface area contributed by atoms with Crippen LogP contribution in [0.1, 0.15) is 11.1 Å². The summed E-state index contributed by atoms with van der Waals surface area (Å²) in [7, 11) is 0. The third-order valence-electron chi connectivity index (χ3n) is 1.98. The second-order valence-electron chi connectivity index (χ2n) is 3.05. The van der Waals surface area contributed by atoms with Crippen LogP contribution in [0.2, 0.25) is 0 Å². The van der Waals surface area contributed by atoms with Gasteiger partial charge in [0.25, 0.3) is 0 Å². The molecule has 0 bridgehead atoms. The number of hydrogen-bond acceptors (Lipinski definition) is 4. The van der Waals surface area contributed by atoms with Crippen LogP contribution < -0.4 is 5.32 Å². The van der Waals surface area contributed by atoms with Gasteiger partial charge in [-0.1, -0.05) is 24.3 Å². The summed E-state index contributed by atoms with van der Waals surface area (Å²) in [4.78, 5) is 4.04. The lowest BCUT2D eigenvalue weighted by Gasteiger charge is -2.02. The monoisotopic (exact) mass is 239 g/mol. The zero-order valence-corrected chi connectivity index (χ0v) is 9.55. The van der Waals surface area contributed by atoms with E-state index in [4.69, 9.17) is 11.6 Å². The fourth-order valence-electron chi connectivity index (χ4n) is 1.17. The Morgan fingerprint density at radius 3 is 2.53 bits per heavy atom. The number of hydrogen-bond donors (Lipinski definition) is 1. The molecule has 0 saturated heterocycles. The van der Waals surface area contributed by atoms with Crippen LogP contribution in [0, 0.1) is 0 Å². The molecule has 0 spiro atoms. The van der Waals surface area contributed by atoms with E-state index in [-0.39, 0.29) is 0 Å². The smallest absolute Gasteiger partial charge is 0.202 e. The third-order valence-corrected chi connectivity index (χ3v) is 2.91. The standard InChI is InChI=1S/C10H10ClN3S/c11-5-8-1-3-9(4-2-8)6-12-10-13-7-14-15-10/h1-4,7H,5-6H2,(H,12,13,14). The van der Waals surface area contributed by atoms with E-state index in [2.05, 4.69) is 26.8 Å². The molecule has 3 nitrogen and oxygen atoms in total. The highest BCUT2D eigenvalue weighted by molar-refractivity contribution is 7.09. The minimum atomic E-state index is 0.560. The number of anilines is 1. The molecule has 0 fully saturated rings. The van der Waals surface area contributed by atoms with Crippen LogP contribution in [-0.2, 0) is 12.4 Å². The molecule has 0 saturated carbocycles. The summed E-state index contributed by atoms with van der Waals surface area (Å²) in [6, 6.07) is 8.19. The Bertz CT molecular complexity index is 399. The highest BCUT2D eigenvalue weighted by atomic mass is 35.5. The van der Waals surface area contributed by atoms with Crippen LogP contribution in [0.5, 0.6) is 0 Å². The number of benzene rings is 1. The van der Waals surface area contributed by atoms with Gasteiger partial charge in [0.15, 0.2) is 0 Å². The maximum absolute atomic E-state index is 5.71. The van der Waals surface area contributed by atoms with E-state index < -0.39 is 0 Å². The SMILES string of the molecule is ClCc1ccc(CNc2ncns2)cc1. The van der Waals surface area contributed by atoms with Crippen molar-refractivity contribution in [1.82, 2.24) is 9.36 Å². The van der Waals surface area contributed by atoms with Crippen molar-refractivity contribution in [2.75, 3.05) is 5.32 Å². The van der Waals surface area contributed by atoms with Gasteiger partial charge in [-0.05, 0) is 11.1 Å². The molecule has 15 heavy (non-hydrogen) atoms. The first kappa shape index (κ1) is 10.4. The number of halogens is 1. The van der Waals surface area contributed by atoms with Gasteiger partial charge in [-0.25, -0.2) is 4.98 Å². The van der Waals surface area contributed by atoms with Crippen molar-refractivity contribution >= 4 is 28.3 Å². The van der Waals surface area contributed by atoms with Crippen LogP contribution >= 0.6 is 23.1 Å². The first-order chi connectivity index (χ1) is 7.38. The number of aromatic nitrogens is 2. The fourth-order valence-corrected chi connectivity index (χ4v) is 1.78. The van der Waals surface area contributed by atoms with Gasteiger partial charge >= 0.3 is 0 Å². The molecule has 78 valence electrons. The molecule has 1 N–H and O–H groups in total. The van der Waals surface area contributed by atoms with Crippen LogP contribution in [0.4, 0.5) is 5.13 Å². The Hall–Kier alpha value is -1.13. The lowest BCUT2D eigenvalue weighted by Crippen LogP contribution is -1.98. The lowest BCUT2D eigenvalue weighted by atomic mass is 10.1. The summed E-state index contributed by atoms with van der Waals surface area (Å²) in [6.07, 6.45) is 1.55. The molecule has 2 rings (SSSR count). The maximum Gasteiger partial charge on any atom is 0.202 e. The molecule has 0 radical (unpaired) electrons. The van der Waals surface area contributed by atoms with E-state index in [1.165, 1.54) is 17.1 Å². The minimum Gasteiger partial charge on any atom is -0.356 e. The van der Waals surface area contributed by atoms with Gasteiger partial charge < -0.3 is 5.32 Å². The predicted molar refractivity (Wildman–Crippen MR) is 63.2 cm³/mol. The van der Waals surface area contributed by atoms with Gasteiger partial charge in [-0.2, -0.15) is 4.37 Å². The third kappa shape index (κ3) is 2.91. The first-order valence-electron chi connectivity index (χ1n) is 4.53. The van der Waals surface area contributed by atoms with E-state index >= 15 is 0 Å². The normalized spacial score (nSPS) is 10.2. The zero-order valence-electron chi connectivity index (χ0n) is 7.98. The van der Waals surface area contributed by atoms with Gasteiger partial charge in [0.2, 0.25) is 5.13 Å². The number of rotatable bonds is 4. The molecular formula is C10H10ClN3S. The van der Waals surface area contributed by atoms with Crippen LogP contribution in [0.25, 0.3) is 0 Å². The van der Waals surface area contributed by atoms with Crippen molar-refractivity contribution in [2.45, 2.75) is 12.4 Å². The van der Waals surface area contributed by atoms with E-state index in [1.54, 1.807) is 6.33 Å². The number of nitrogens with one attached hydrogen (secondary N) is 1. The van der Waals surface area contributed by atoms with Crippen LogP contribution in [-0.4, -0.2) is 9.36 Å². The van der Waals surface area contributed by atoms with Gasteiger partial charge in [0, 0.05) is 24.0 Å². The Morgan fingerprint density at radius 1 is 1.20 bits per heavy atom. The minimum absolute atomic E-state index is 0.560. The topological polar surface area (TPSA) is 37.8 Å². The van der Waals surface area contributed by atoms with E-state index in [0.29, 0.717) is 5.88 Å². The zero-order chi connectivity index (χ0) is 10.5. The molecule has 1 heterocycles. The second-order valence-corrected chi connectivity index (χ2v) is 4.10. The summed E-state index contributed by atoms with van der Waals surface area (Å²) in [5.74, 6) is 0.560. The molecule has 0 unspecified atom stereocenters. The number of alkyl halides is 1. The molecule has 0 aliphatic heterocycles. The van der Waals surface area contributed by atoms with Crippen molar-refractivity contribution in [1.29, 1.82) is 0 Å². The fraction of sp³-hybridized carbons (Fsp3) is 0.200. The molecule has 5 heteroatoms. The summed E-state index contributed by atoms with van der Waals surface area (Å²) in [5.41, 5.74) is 2.34. The van der Waals surface area contributed by atoms with Crippen molar-refractivity contribution < 1.29 is 0 Å². The summed E-state index contributed by atoms with van der Waals surface area (Å²) in [6.45, 7) is 0.762. The second kappa shape index (κ2) is 5.09. The summed E-state index contributed by atoms with van der Waals surface area (Å²) >= 11 is 7.06. The van der Waals surface area contributed by atoms with Gasteiger partial charge in [0.1, 0.15) is 6.33 Å². The van der Waals surface area contributed by atoms with Crippen molar-refractivity contribution in [3.05, 3.63) is 41.7 Å². The van der Waals surface area contributed by atoms with Crippen LogP contribution in [0.15, 0.2) is 30.6 Å². The highest BCUT2D eigenvalue weighted by Gasteiger charge is 1.96. The van der Waals surface area contributed by atoms with Crippen molar-refractivity contribution in [3.63, 3.8) is 0 Å². The molecule has 1 aromatic carbocycles. The Labute approximate surface area is 97.3 Å². The van der Waals surface area contributed by atoms with Crippen LogP contribution in [0.3, 0.4) is 0 Å². The van der Waals surface area contributed by atoms with Gasteiger partial charge in [-0.15, -0.1) is 11.6 Å².